The Bertz CT molecular complexity index is 455. The SMILES string of the molecule is C=C(C)C(=O)O.O=C(O)c1cc(O)c(O)c(O)c1. The van der Waals surface area contributed by atoms with Crippen LogP contribution in [0.15, 0.2) is 24.3 Å². The van der Waals surface area contributed by atoms with Gasteiger partial charge in [-0.25, -0.2) is 9.59 Å². The fourth-order valence-electron chi connectivity index (χ4n) is 0.728. The van der Waals surface area contributed by atoms with E-state index in [1.807, 2.05) is 0 Å². The molecule has 0 aromatic heterocycles. The molecule has 7 heteroatoms. The molecule has 98 valence electrons. The number of carboxylic acid groups (broad SMARTS) is 2. The smallest absolute Gasteiger partial charge is 0.335 e. The van der Waals surface area contributed by atoms with Crippen LogP contribution in [0.5, 0.6) is 17.2 Å². The highest BCUT2D eigenvalue weighted by molar-refractivity contribution is 5.89. The molecule has 0 unspecified atom stereocenters. The zero-order valence-electron chi connectivity index (χ0n) is 9.41. The topological polar surface area (TPSA) is 135 Å². The predicted molar refractivity (Wildman–Crippen MR) is 60.8 cm³/mol. The molecule has 1 aromatic rings. The van der Waals surface area contributed by atoms with E-state index in [2.05, 4.69) is 6.58 Å². The highest BCUT2D eigenvalue weighted by Crippen LogP contribution is 2.35. The number of aliphatic carboxylic acids is 1. The van der Waals surface area contributed by atoms with Crippen LogP contribution in [0.25, 0.3) is 0 Å². The molecular weight excluding hydrogens is 244 g/mol. The zero-order chi connectivity index (χ0) is 14.5. The van der Waals surface area contributed by atoms with E-state index in [4.69, 9.17) is 25.5 Å². The molecule has 0 atom stereocenters. The van der Waals surface area contributed by atoms with Crippen molar-refractivity contribution in [3.8, 4) is 17.2 Å². The van der Waals surface area contributed by atoms with Gasteiger partial charge in [0.2, 0.25) is 0 Å². The van der Waals surface area contributed by atoms with Gasteiger partial charge in [-0.2, -0.15) is 0 Å². The van der Waals surface area contributed by atoms with Gasteiger partial charge in [-0.05, 0) is 19.1 Å². The number of phenolic OH excluding ortho intramolecular Hbond substituents is 3. The van der Waals surface area contributed by atoms with Gasteiger partial charge in [0.25, 0.3) is 0 Å². The quantitative estimate of drug-likeness (QED) is 0.395. The number of aromatic carboxylic acids is 1. The van der Waals surface area contributed by atoms with Gasteiger partial charge in [-0.15, -0.1) is 0 Å². The van der Waals surface area contributed by atoms with Crippen LogP contribution in [0, 0.1) is 0 Å². The third-order valence-corrected chi connectivity index (χ3v) is 1.68. The summed E-state index contributed by atoms with van der Waals surface area (Å²) in [5.74, 6) is -4.27. The van der Waals surface area contributed by atoms with Crippen molar-refractivity contribution in [3.63, 3.8) is 0 Å². The molecule has 0 saturated heterocycles. The molecule has 0 amide bonds. The minimum Gasteiger partial charge on any atom is -0.504 e. The van der Waals surface area contributed by atoms with Crippen LogP contribution < -0.4 is 0 Å². The summed E-state index contributed by atoms with van der Waals surface area (Å²) in [6.45, 7) is 4.60. The van der Waals surface area contributed by atoms with E-state index in [-0.39, 0.29) is 11.1 Å². The first-order valence-electron chi connectivity index (χ1n) is 4.53. The van der Waals surface area contributed by atoms with Gasteiger partial charge in [0.05, 0.1) is 5.56 Å². The summed E-state index contributed by atoms with van der Waals surface area (Å²) in [7, 11) is 0. The summed E-state index contributed by atoms with van der Waals surface area (Å²) < 4.78 is 0. The Labute approximate surface area is 102 Å². The molecular formula is C11H12O7. The number of aromatic hydroxyl groups is 3. The van der Waals surface area contributed by atoms with Gasteiger partial charge in [0, 0.05) is 5.57 Å². The van der Waals surface area contributed by atoms with Crippen molar-refractivity contribution in [1.82, 2.24) is 0 Å². The molecule has 0 aliphatic rings. The average Bonchev–Trinajstić information content (AvgIpc) is 2.25. The minimum atomic E-state index is -1.29. The lowest BCUT2D eigenvalue weighted by molar-refractivity contribution is -0.132. The summed E-state index contributed by atoms with van der Waals surface area (Å²) in [5, 5.41) is 42.8. The summed E-state index contributed by atoms with van der Waals surface area (Å²) in [6, 6.07) is 1.69. The van der Waals surface area contributed by atoms with E-state index in [9.17, 15) is 9.59 Å². The molecule has 0 heterocycles. The van der Waals surface area contributed by atoms with Gasteiger partial charge in [-0.3, -0.25) is 0 Å². The van der Waals surface area contributed by atoms with E-state index in [0.29, 0.717) is 0 Å². The lowest BCUT2D eigenvalue weighted by Crippen LogP contribution is -1.95. The number of carbonyl (C=O) groups is 2. The first-order valence-corrected chi connectivity index (χ1v) is 4.53. The number of rotatable bonds is 2. The molecule has 1 rings (SSSR count). The minimum absolute atomic E-state index is 0.176. The first kappa shape index (κ1) is 15.3. The van der Waals surface area contributed by atoms with Crippen molar-refractivity contribution in [2.45, 2.75) is 6.92 Å². The van der Waals surface area contributed by atoms with Crippen molar-refractivity contribution in [2.24, 2.45) is 0 Å². The van der Waals surface area contributed by atoms with Gasteiger partial charge in [-0.1, -0.05) is 6.58 Å². The summed E-state index contributed by atoms with van der Waals surface area (Å²) in [5.41, 5.74) is -0.113. The molecule has 0 radical (unpaired) electrons. The molecule has 18 heavy (non-hydrogen) atoms. The van der Waals surface area contributed by atoms with Crippen LogP contribution in [0.2, 0.25) is 0 Å². The maximum Gasteiger partial charge on any atom is 0.335 e. The Morgan fingerprint density at radius 1 is 1.06 bits per heavy atom. The normalized spacial score (nSPS) is 8.94. The molecule has 0 aliphatic carbocycles. The predicted octanol–water partition coefficient (Wildman–Crippen LogP) is 1.15. The maximum absolute atomic E-state index is 10.3. The first-order chi connectivity index (χ1) is 8.16. The zero-order valence-corrected chi connectivity index (χ0v) is 9.41. The van der Waals surface area contributed by atoms with Crippen LogP contribution >= 0.6 is 0 Å². The second-order valence-electron chi connectivity index (χ2n) is 3.25. The average molecular weight is 256 g/mol. The van der Waals surface area contributed by atoms with Gasteiger partial charge < -0.3 is 25.5 Å². The van der Waals surface area contributed by atoms with E-state index in [1.165, 1.54) is 6.92 Å². The van der Waals surface area contributed by atoms with Crippen LogP contribution in [0.4, 0.5) is 0 Å². The standard InChI is InChI=1S/C7H6O5.C4H6O2/c8-4-1-3(7(11)12)2-5(9)6(4)10;1-3(2)4(5)6/h1-2,8-10H,(H,11,12);1H2,2H3,(H,5,6). The molecule has 0 saturated carbocycles. The molecule has 0 spiro atoms. The molecule has 0 fully saturated rings. The number of hydrogen-bond acceptors (Lipinski definition) is 5. The number of phenols is 3. The highest BCUT2D eigenvalue weighted by Gasteiger charge is 2.11. The lowest BCUT2D eigenvalue weighted by Gasteiger charge is -2.01. The van der Waals surface area contributed by atoms with Crippen molar-refractivity contribution in [1.29, 1.82) is 0 Å². The summed E-state index contributed by atoms with van der Waals surface area (Å²) in [4.78, 5) is 19.9. The van der Waals surface area contributed by atoms with Crippen LogP contribution in [-0.2, 0) is 4.79 Å². The van der Waals surface area contributed by atoms with Gasteiger partial charge in [0.15, 0.2) is 17.2 Å². The van der Waals surface area contributed by atoms with Crippen LogP contribution in [-0.4, -0.2) is 37.5 Å². The number of benzene rings is 1. The van der Waals surface area contributed by atoms with Crippen molar-refractivity contribution in [3.05, 3.63) is 29.8 Å². The molecule has 0 bridgehead atoms. The van der Waals surface area contributed by atoms with Gasteiger partial charge >= 0.3 is 11.9 Å². The Balaban J connectivity index is 0.000000411. The fraction of sp³-hybridized carbons (Fsp3) is 0.0909. The van der Waals surface area contributed by atoms with Crippen LogP contribution in [0.1, 0.15) is 17.3 Å². The van der Waals surface area contributed by atoms with Crippen LogP contribution in [0.3, 0.4) is 0 Å². The number of hydrogen-bond donors (Lipinski definition) is 5. The maximum atomic E-state index is 10.3. The van der Waals surface area contributed by atoms with Crippen molar-refractivity contribution >= 4 is 11.9 Å². The highest BCUT2D eigenvalue weighted by atomic mass is 16.4. The second-order valence-corrected chi connectivity index (χ2v) is 3.25. The molecule has 5 N–H and O–H groups in total. The fourth-order valence-corrected chi connectivity index (χ4v) is 0.728. The monoisotopic (exact) mass is 256 g/mol. The van der Waals surface area contributed by atoms with E-state index in [1.54, 1.807) is 0 Å². The third kappa shape index (κ3) is 4.44. The molecule has 1 aromatic carbocycles. The Morgan fingerprint density at radius 3 is 1.61 bits per heavy atom. The Morgan fingerprint density at radius 2 is 1.39 bits per heavy atom. The summed E-state index contributed by atoms with van der Waals surface area (Å²) in [6.07, 6.45) is 0. The largest absolute Gasteiger partial charge is 0.504 e. The third-order valence-electron chi connectivity index (χ3n) is 1.68. The Kier molecular flexibility index (Phi) is 5.22. The molecule has 7 nitrogen and oxygen atoms in total. The van der Waals surface area contributed by atoms with Crippen molar-refractivity contribution in [2.75, 3.05) is 0 Å². The Hall–Kier alpha value is -2.70. The lowest BCUT2D eigenvalue weighted by atomic mass is 10.2. The second kappa shape index (κ2) is 6.14. The molecule has 0 aliphatic heterocycles. The van der Waals surface area contributed by atoms with Gasteiger partial charge in [0.1, 0.15) is 0 Å². The van der Waals surface area contributed by atoms with E-state index in [0.717, 1.165) is 12.1 Å². The summed E-state index contributed by atoms with van der Waals surface area (Å²) >= 11 is 0. The van der Waals surface area contributed by atoms with E-state index >= 15 is 0 Å². The van der Waals surface area contributed by atoms with Crippen molar-refractivity contribution < 1.29 is 35.1 Å². The van der Waals surface area contributed by atoms with E-state index < -0.39 is 29.2 Å². The number of carboxylic acids is 2.